The van der Waals surface area contributed by atoms with Gasteiger partial charge in [-0.3, -0.25) is 0 Å². The fourth-order valence-electron chi connectivity index (χ4n) is 1.02. The fraction of sp³-hybridized carbons (Fsp3) is 1.00. The van der Waals surface area contributed by atoms with Gasteiger partial charge in [-0.15, -0.1) is 5.53 Å². The number of aliphatic hydroxyl groups is 1. The van der Waals surface area contributed by atoms with E-state index in [2.05, 4.69) is 10.1 Å². The molecule has 0 bridgehead atoms. The lowest BCUT2D eigenvalue weighted by Gasteiger charge is -2.17. The first-order chi connectivity index (χ1) is 5.85. The van der Waals surface area contributed by atoms with Crippen molar-refractivity contribution >= 4 is 0 Å². The van der Waals surface area contributed by atoms with Gasteiger partial charge in [-0.05, 0) is 31.4 Å². The van der Waals surface area contributed by atoms with Crippen molar-refractivity contribution in [3.63, 3.8) is 0 Å². The Morgan fingerprint density at radius 1 is 1.42 bits per heavy atom. The van der Waals surface area contributed by atoms with Gasteiger partial charge in [-0.1, -0.05) is 0 Å². The molecule has 0 atom stereocenters. The van der Waals surface area contributed by atoms with Crippen LogP contribution in [0.3, 0.4) is 0 Å². The molecule has 1 saturated heterocycles. The van der Waals surface area contributed by atoms with Crippen molar-refractivity contribution in [2.24, 2.45) is 5.22 Å². The molecule has 5 nitrogen and oxygen atoms in total. The number of hydrogen-bond acceptors (Lipinski definition) is 2. The van der Waals surface area contributed by atoms with Crippen LogP contribution in [0.2, 0.25) is 0 Å². The lowest BCUT2D eigenvalue weighted by Crippen LogP contribution is -2.23. The van der Waals surface area contributed by atoms with Crippen molar-refractivity contribution in [2.75, 3.05) is 19.7 Å². The number of aliphatic hydroxyl groups excluding tert-OH is 1. The van der Waals surface area contributed by atoms with Gasteiger partial charge in [-0.2, -0.15) is 4.91 Å². The first kappa shape index (κ1) is 11.1. The molecule has 1 rings (SSSR count). The fourth-order valence-corrected chi connectivity index (χ4v) is 1.02. The zero-order valence-corrected chi connectivity index (χ0v) is 7.48. The van der Waals surface area contributed by atoms with Crippen LogP contribution < -0.4 is 0 Å². The maximum atomic E-state index is 8.04. The molecule has 0 aliphatic carbocycles. The minimum Gasteiger partial charge on any atom is -0.397 e. The molecule has 1 aliphatic rings. The molecule has 0 aromatic rings. The molecule has 0 radical (unpaired) electrons. The van der Waals surface area contributed by atoms with E-state index in [9.17, 15) is 0 Å². The van der Waals surface area contributed by atoms with Crippen LogP contribution in [-0.4, -0.2) is 29.8 Å². The Morgan fingerprint density at radius 3 is 2.33 bits per heavy atom. The normalized spacial score (nSPS) is 15.7. The molecule has 0 aromatic carbocycles. The monoisotopic (exact) mass is 172 g/mol. The van der Waals surface area contributed by atoms with E-state index in [-0.39, 0.29) is 6.61 Å². The SMILES string of the molecule is CCO.[N-]=[N+]=NN1CCCCC1. The Balaban J connectivity index is 0.000000354. The van der Waals surface area contributed by atoms with E-state index in [1.54, 1.807) is 11.9 Å². The van der Waals surface area contributed by atoms with E-state index in [1.165, 1.54) is 19.3 Å². The molecule has 5 heteroatoms. The first-order valence-corrected chi connectivity index (χ1v) is 4.26. The highest BCUT2D eigenvalue weighted by Gasteiger charge is 2.08. The standard InChI is InChI=1S/C5H10N4.C2H6O/c6-7-8-9-4-2-1-3-5-9;1-2-3/h1-5H2;3H,2H2,1H3. The Labute approximate surface area is 72.6 Å². The van der Waals surface area contributed by atoms with Crippen molar-refractivity contribution in [3.8, 4) is 0 Å². The summed E-state index contributed by atoms with van der Waals surface area (Å²) in [5, 5.41) is 12.8. The van der Waals surface area contributed by atoms with Crippen LogP contribution in [0.4, 0.5) is 0 Å². The molecule has 1 fully saturated rings. The summed E-state index contributed by atoms with van der Waals surface area (Å²) >= 11 is 0. The predicted molar refractivity (Wildman–Crippen MR) is 47.3 cm³/mol. The minimum absolute atomic E-state index is 0.250. The Hall–Kier alpha value is -0.930. The van der Waals surface area contributed by atoms with Crippen LogP contribution in [0.5, 0.6) is 0 Å². The number of azide groups is 1. The van der Waals surface area contributed by atoms with Gasteiger partial charge in [0.2, 0.25) is 0 Å². The van der Waals surface area contributed by atoms with Crippen molar-refractivity contribution < 1.29 is 5.11 Å². The number of nitrogens with zero attached hydrogens (tertiary/aromatic N) is 4. The summed E-state index contributed by atoms with van der Waals surface area (Å²) in [4.78, 5) is 2.71. The van der Waals surface area contributed by atoms with Gasteiger partial charge in [0.25, 0.3) is 0 Å². The van der Waals surface area contributed by atoms with Crippen molar-refractivity contribution in [1.29, 1.82) is 0 Å². The van der Waals surface area contributed by atoms with E-state index < -0.39 is 0 Å². The number of hydrogen-bond donors (Lipinski definition) is 1. The Morgan fingerprint density at radius 2 is 1.92 bits per heavy atom. The van der Waals surface area contributed by atoms with Crippen LogP contribution in [0.15, 0.2) is 5.22 Å². The van der Waals surface area contributed by atoms with Crippen LogP contribution in [-0.2, 0) is 0 Å². The molecule has 0 unspecified atom stereocenters. The molecular formula is C7H16N4O. The number of rotatable bonds is 1. The zero-order valence-electron chi connectivity index (χ0n) is 7.48. The van der Waals surface area contributed by atoms with Gasteiger partial charge in [0.15, 0.2) is 0 Å². The van der Waals surface area contributed by atoms with Crippen molar-refractivity contribution in [3.05, 3.63) is 10.4 Å². The van der Waals surface area contributed by atoms with Gasteiger partial charge in [0, 0.05) is 6.61 Å². The van der Waals surface area contributed by atoms with Crippen molar-refractivity contribution in [1.82, 2.24) is 5.01 Å². The third kappa shape index (κ3) is 5.82. The molecule has 70 valence electrons. The van der Waals surface area contributed by atoms with Gasteiger partial charge < -0.3 is 5.11 Å². The average Bonchev–Trinajstić information content (AvgIpc) is 2.08. The van der Waals surface area contributed by atoms with E-state index >= 15 is 0 Å². The van der Waals surface area contributed by atoms with Crippen LogP contribution >= 0.6 is 0 Å². The highest BCUT2D eigenvalue weighted by Crippen LogP contribution is 2.07. The summed E-state index contributed by atoms with van der Waals surface area (Å²) in [6, 6.07) is 0. The summed E-state index contributed by atoms with van der Waals surface area (Å²) < 4.78 is 0. The summed E-state index contributed by atoms with van der Waals surface area (Å²) in [5.74, 6) is 0. The van der Waals surface area contributed by atoms with Crippen molar-refractivity contribution in [2.45, 2.75) is 26.2 Å². The maximum Gasteiger partial charge on any atom is 0.0884 e. The topological polar surface area (TPSA) is 72.2 Å². The molecule has 1 N–H and O–H groups in total. The summed E-state index contributed by atoms with van der Waals surface area (Å²) in [5.41, 5.74) is 8.04. The van der Waals surface area contributed by atoms with Gasteiger partial charge >= 0.3 is 0 Å². The molecule has 1 aliphatic heterocycles. The molecule has 0 saturated carbocycles. The highest BCUT2D eigenvalue weighted by atomic mass is 16.2. The second-order valence-electron chi connectivity index (χ2n) is 2.51. The maximum absolute atomic E-state index is 8.04. The largest absolute Gasteiger partial charge is 0.397 e. The summed E-state index contributed by atoms with van der Waals surface area (Å²) in [6.07, 6.45) is 3.61. The van der Waals surface area contributed by atoms with Crippen LogP contribution in [0.25, 0.3) is 10.4 Å². The molecular weight excluding hydrogens is 156 g/mol. The Kier molecular flexibility index (Phi) is 7.54. The number of piperidine rings is 1. The lowest BCUT2D eigenvalue weighted by molar-refractivity contribution is 0.235. The van der Waals surface area contributed by atoms with E-state index in [1.807, 2.05) is 0 Å². The quantitative estimate of drug-likeness (QED) is 0.371. The highest BCUT2D eigenvalue weighted by molar-refractivity contribution is 4.59. The summed E-state index contributed by atoms with van der Waals surface area (Å²) in [7, 11) is 0. The van der Waals surface area contributed by atoms with Gasteiger partial charge in [0.05, 0.1) is 13.1 Å². The summed E-state index contributed by atoms with van der Waals surface area (Å²) in [6.45, 7) is 3.80. The van der Waals surface area contributed by atoms with E-state index in [0.29, 0.717) is 0 Å². The second kappa shape index (κ2) is 8.17. The lowest BCUT2D eigenvalue weighted by atomic mass is 10.2. The molecule has 12 heavy (non-hydrogen) atoms. The molecule has 0 spiro atoms. The van der Waals surface area contributed by atoms with Gasteiger partial charge in [-0.25, -0.2) is 5.01 Å². The van der Waals surface area contributed by atoms with Crippen LogP contribution in [0, 0.1) is 0 Å². The first-order valence-electron chi connectivity index (χ1n) is 4.26. The third-order valence-electron chi connectivity index (χ3n) is 1.50. The smallest absolute Gasteiger partial charge is 0.0884 e. The predicted octanol–water partition coefficient (Wildman–Crippen LogP) is 1.70. The second-order valence-corrected chi connectivity index (χ2v) is 2.51. The van der Waals surface area contributed by atoms with Gasteiger partial charge in [0.1, 0.15) is 0 Å². The average molecular weight is 172 g/mol. The third-order valence-corrected chi connectivity index (χ3v) is 1.50. The molecule has 1 heterocycles. The van der Waals surface area contributed by atoms with E-state index in [4.69, 9.17) is 10.6 Å². The zero-order chi connectivity index (χ0) is 9.23. The molecule has 0 aromatic heterocycles. The van der Waals surface area contributed by atoms with E-state index in [0.717, 1.165) is 13.1 Å². The minimum atomic E-state index is 0.250. The Bertz CT molecular complexity index is 138. The van der Waals surface area contributed by atoms with Crippen LogP contribution in [0.1, 0.15) is 26.2 Å². The molecule has 0 amide bonds.